The number of hydrogen-bond donors (Lipinski definition) is 0. The standard InChI is InChI=1S/C20H26O3S/c1-4-14-24-20-15-19(7-6-16(20)2)23-13-5-12-22-18-10-8-17(21-3)9-11-18/h6-11,15H,4-5,12-14H2,1-3H3. The number of methoxy groups -OCH3 is 1. The highest BCUT2D eigenvalue weighted by molar-refractivity contribution is 7.99. The van der Waals surface area contributed by atoms with Crippen molar-refractivity contribution in [2.24, 2.45) is 0 Å². The summed E-state index contributed by atoms with van der Waals surface area (Å²) in [4.78, 5) is 1.31. The summed E-state index contributed by atoms with van der Waals surface area (Å²) in [6.07, 6.45) is 2.02. The number of ether oxygens (including phenoxy) is 3. The Labute approximate surface area is 149 Å². The Morgan fingerprint density at radius 3 is 2.17 bits per heavy atom. The van der Waals surface area contributed by atoms with Crippen molar-refractivity contribution in [3.05, 3.63) is 48.0 Å². The van der Waals surface area contributed by atoms with Crippen LogP contribution in [0.2, 0.25) is 0 Å². The van der Waals surface area contributed by atoms with Crippen LogP contribution in [0.25, 0.3) is 0 Å². The summed E-state index contributed by atoms with van der Waals surface area (Å²) in [6.45, 7) is 5.63. The molecule has 2 rings (SSSR count). The maximum Gasteiger partial charge on any atom is 0.120 e. The molecular formula is C20H26O3S. The average molecular weight is 346 g/mol. The molecule has 0 spiro atoms. The van der Waals surface area contributed by atoms with Crippen molar-refractivity contribution in [1.29, 1.82) is 0 Å². The first-order chi connectivity index (χ1) is 11.7. The smallest absolute Gasteiger partial charge is 0.120 e. The van der Waals surface area contributed by atoms with Gasteiger partial charge in [0.25, 0.3) is 0 Å². The second-order valence-electron chi connectivity index (χ2n) is 5.50. The fourth-order valence-corrected chi connectivity index (χ4v) is 3.07. The first kappa shape index (κ1) is 18.5. The number of rotatable bonds is 10. The molecule has 0 fully saturated rings. The Morgan fingerprint density at radius 2 is 1.50 bits per heavy atom. The van der Waals surface area contributed by atoms with Gasteiger partial charge >= 0.3 is 0 Å². The maximum absolute atomic E-state index is 5.84. The van der Waals surface area contributed by atoms with Crippen molar-refractivity contribution in [1.82, 2.24) is 0 Å². The van der Waals surface area contributed by atoms with Crippen molar-refractivity contribution >= 4 is 11.8 Å². The molecule has 0 aromatic heterocycles. The summed E-state index contributed by atoms with van der Waals surface area (Å²) < 4.78 is 16.7. The lowest BCUT2D eigenvalue weighted by Gasteiger charge is -2.11. The summed E-state index contributed by atoms with van der Waals surface area (Å²) in [7, 11) is 1.66. The van der Waals surface area contributed by atoms with Crippen LogP contribution in [0.1, 0.15) is 25.3 Å². The molecule has 2 aromatic carbocycles. The third-order valence-electron chi connectivity index (χ3n) is 3.51. The Bertz CT molecular complexity index is 611. The van der Waals surface area contributed by atoms with Crippen LogP contribution in [0, 0.1) is 6.92 Å². The second kappa shape index (κ2) is 10.1. The molecule has 0 aliphatic heterocycles. The highest BCUT2D eigenvalue weighted by Gasteiger charge is 2.02. The van der Waals surface area contributed by atoms with Crippen LogP contribution in [-0.4, -0.2) is 26.1 Å². The molecule has 0 aliphatic carbocycles. The van der Waals surface area contributed by atoms with Gasteiger partial charge in [0.15, 0.2) is 0 Å². The van der Waals surface area contributed by atoms with Crippen LogP contribution in [0.5, 0.6) is 17.2 Å². The molecule has 0 bridgehead atoms. The van der Waals surface area contributed by atoms with Crippen LogP contribution in [-0.2, 0) is 0 Å². The van der Waals surface area contributed by atoms with E-state index in [4.69, 9.17) is 14.2 Å². The van der Waals surface area contributed by atoms with E-state index in [-0.39, 0.29) is 0 Å². The molecule has 0 radical (unpaired) electrons. The Hall–Kier alpha value is -1.81. The predicted molar refractivity (Wildman–Crippen MR) is 101 cm³/mol. The number of benzene rings is 2. The van der Waals surface area contributed by atoms with Gasteiger partial charge in [-0.25, -0.2) is 0 Å². The van der Waals surface area contributed by atoms with E-state index in [0.29, 0.717) is 13.2 Å². The van der Waals surface area contributed by atoms with E-state index >= 15 is 0 Å². The monoisotopic (exact) mass is 346 g/mol. The van der Waals surface area contributed by atoms with Gasteiger partial charge in [0.2, 0.25) is 0 Å². The van der Waals surface area contributed by atoms with Gasteiger partial charge in [0, 0.05) is 11.3 Å². The first-order valence-corrected chi connectivity index (χ1v) is 9.34. The molecular weight excluding hydrogens is 320 g/mol. The fourth-order valence-electron chi connectivity index (χ4n) is 2.15. The summed E-state index contributed by atoms with van der Waals surface area (Å²) in [6, 6.07) is 13.9. The van der Waals surface area contributed by atoms with E-state index in [2.05, 4.69) is 26.0 Å². The largest absolute Gasteiger partial charge is 0.497 e. The van der Waals surface area contributed by atoms with E-state index in [1.165, 1.54) is 16.9 Å². The molecule has 130 valence electrons. The molecule has 24 heavy (non-hydrogen) atoms. The molecule has 0 saturated heterocycles. The number of thioether (sulfide) groups is 1. The summed E-state index contributed by atoms with van der Waals surface area (Å²) >= 11 is 1.89. The molecule has 0 N–H and O–H groups in total. The van der Waals surface area contributed by atoms with Crippen LogP contribution >= 0.6 is 11.8 Å². The topological polar surface area (TPSA) is 27.7 Å². The van der Waals surface area contributed by atoms with E-state index in [1.54, 1.807) is 7.11 Å². The van der Waals surface area contributed by atoms with Gasteiger partial charge in [-0.3, -0.25) is 0 Å². The zero-order valence-electron chi connectivity index (χ0n) is 14.7. The van der Waals surface area contributed by atoms with E-state index in [1.807, 2.05) is 42.1 Å². The number of aryl methyl sites for hydroxylation is 1. The second-order valence-corrected chi connectivity index (χ2v) is 6.64. The first-order valence-electron chi connectivity index (χ1n) is 8.36. The van der Waals surface area contributed by atoms with Gasteiger partial charge in [-0.1, -0.05) is 13.0 Å². The summed E-state index contributed by atoms with van der Waals surface area (Å²) in [5.41, 5.74) is 1.31. The summed E-state index contributed by atoms with van der Waals surface area (Å²) in [5, 5.41) is 0. The molecule has 0 aliphatic rings. The fraction of sp³-hybridized carbons (Fsp3) is 0.400. The maximum atomic E-state index is 5.84. The molecule has 0 unspecified atom stereocenters. The normalized spacial score (nSPS) is 10.5. The minimum absolute atomic E-state index is 0.635. The van der Waals surface area contributed by atoms with Crippen molar-refractivity contribution in [3.8, 4) is 17.2 Å². The number of hydrogen-bond acceptors (Lipinski definition) is 4. The lowest BCUT2D eigenvalue weighted by atomic mass is 10.2. The molecule has 0 saturated carbocycles. The average Bonchev–Trinajstić information content (AvgIpc) is 2.62. The van der Waals surface area contributed by atoms with Crippen LogP contribution < -0.4 is 14.2 Å². The van der Waals surface area contributed by atoms with Crippen molar-refractivity contribution in [2.45, 2.75) is 31.6 Å². The van der Waals surface area contributed by atoms with Gasteiger partial charge < -0.3 is 14.2 Å². The minimum Gasteiger partial charge on any atom is -0.497 e. The van der Waals surface area contributed by atoms with E-state index in [0.717, 1.165) is 29.4 Å². The predicted octanol–water partition coefficient (Wildman–Crippen LogP) is 5.35. The van der Waals surface area contributed by atoms with Crippen molar-refractivity contribution in [3.63, 3.8) is 0 Å². The minimum atomic E-state index is 0.635. The van der Waals surface area contributed by atoms with Crippen LogP contribution in [0.15, 0.2) is 47.4 Å². The van der Waals surface area contributed by atoms with Crippen LogP contribution in [0.3, 0.4) is 0 Å². The Morgan fingerprint density at radius 1 is 0.875 bits per heavy atom. The lowest BCUT2D eigenvalue weighted by molar-refractivity contribution is 0.247. The van der Waals surface area contributed by atoms with Gasteiger partial charge in [0.05, 0.1) is 20.3 Å². The van der Waals surface area contributed by atoms with E-state index < -0.39 is 0 Å². The molecule has 0 heterocycles. The van der Waals surface area contributed by atoms with E-state index in [9.17, 15) is 0 Å². The molecule has 0 amide bonds. The van der Waals surface area contributed by atoms with Gasteiger partial charge in [-0.2, -0.15) is 0 Å². The quantitative estimate of drug-likeness (QED) is 0.428. The highest BCUT2D eigenvalue weighted by atomic mass is 32.2. The SMILES string of the molecule is CCCSc1cc(OCCCOc2ccc(OC)cc2)ccc1C. The molecule has 0 atom stereocenters. The molecule has 2 aromatic rings. The lowest BCUT2D eigenvalue weighted by Crippen LogP contribution is -2.05. The van der Waals surface area contributed by atoms with Crippen molar-refractivity contribution in [2.75, 3.05) is 26.1 Å². The third-order valence-corrected chi connectivity index (χ3v) is 4.87. The molecule has 4 heteroatoms. The molecule has 3 nitrogen and oxygen atoms in total. The zero-order valence-corrected chi connectivity index (χ0v) is 15.5. The van der Waals surface area contributed by atoms with Crippen LogP contribution in [0.4, 0.5) is 0 Å². The third kappa shape index (κ3) is 6.00. The zero-order chi connectivity index (χ0) is 17.2. The summed E-state index contributed by atoms with van der Waals surface area (Å²) in [5.74, 6) is 3.76. The van der Waals surface area contributed by atoms with Gasteiger partial charge in [-0.05, 0) is 61.1 Å². The van der Waals surface area contributed by atoms with Gasteiger partial charge in [0.1, 0.15) is 17.2 Å². The Kier molecular flexibility index (Phi) is 7.83. The Balaban J connectivity index is 1.71. The highest BCUT2D eigenvalue weighted by Crippen LogP contribution is 2.27. The van der Waals surface area contributed by atoms with Crippen molar-refractivity contribution < 1.29 is 14.2 Å². The van der Waals surface area contributed by atoms with Gasteiger partial charge in [-0.15, -0.1) is 11.8 Å².